The van der Waals surface area contributed by atoms with Crippen molar-refractivity contribution in [2.45, 2.75) is 26.2 Å². The van der Waals surface area contributed by atoms with Crippen molar-refractivity contribution in [2.24, 2.45) is 0 Å². The minimum absolute atomic E-state index is 0.575. The number of fused-ring (bicyclic) bond motifs is 1. The lowest BCUT2D eigenvalue weighted by Crippen LogP contribution is -2.09. The summed E-state index contributed by atoms with van der Waals surface area (Å²) in [6, 6.07) is 10.3. The van der Waals surface area contributed by atoms with Crippen LogP contribution in [-0.2, 0) is 12.8 Å². The molecule has 0 amide bonds. The van der Waals surface area contributed by atoms with E-state index in [-0.39, 0.29) is 0 Å². The van der Waals surface area contributed by atoms with E-state index in [1.165, 1.54) is 5.56 Å². The van der Waals surface area contributed by atoms with E-state index < -0.39 is 0 Å². The normalized spacial score (nSPS) is 13.7. The second-order valence-corrected chi connectivity index (χ2v) is 4.83. The summed E-state index contributed by atoms with van der Waals surface area (Å²) < 4.78 is 5.88. The first-order chi connectivity index (χ1) is 9.29. The van der Waals surface area contributed by atoms with Gasteiger partial charge in [0.15, 0.2) is 0 Å². The summed E-state index contributed by atoms with van der Waals surface area (Å²) in [6.45, 7) is 2.90. The molecule has 1 aliphatic rings. The zero-order valence-electron chi connectivity index (χ0n) is 11.1. The smallest absolute Gasteiger partial charge is 0.130 e. The van der Waals surface area contributed by atoms with Gasteiger partial charge in [-0.1, -0.05) is 25.1 Å². The fourth-order valence-electron chi connectivity index (χ4n) is 2.63. The van der Waals surface area contributed by atoms with Gasteiger partial charge < -0.3 is 10.5 Å². The number of rotatable bonds is 2. The van der Waals surface area contributed by atoms with E-state index in [0.717, 1.165) is 48.4 Å². The van der Waals surface area contributed by atoms with Crippen LogP contribution in [0.15, 0.2) is 30.3 Å². The highest BCUT2D eigenvalue weighted by Gasteiger charge is 2.17. The summed E-state index contributed by atoms with van der Waals surface area (Å²) >= 11 is 0. The van der Waals surface area contributed by atoms with Crippen molar-refractivity contribution in [2.75, 3.05) is 12.3 Å². The molecule has 0 saturated heterocycles. The van der Waals surface area contributed by atoms with Crippen LogP contribution in [-0.4, -0.2) is 11.6 Å². The molecule has 2 N–H and O–H groups in total. The second-order valence-electron chi connectivity index (χ2n) is 4.83. The van der Waals surface area contributed by atoms with Crippen LogP contribution in [0.3, 0.4) is 0 Å². The number of nitrogens with two attached hydrogens (primary N) is 1. The molecule has 0 aliphatic carbocycles. The highest BCUT2D eigenvalue weighted by atomic mass is 16.5. The third-order valence-corrected chi connectivity index (χ3v) is 3.55. The van der Waals surface area contributed by atoms with Crippen molar-refractivity contribution in [3.8, 4) is 16.9 Å². The number of aromatic nitrogens is 1. The van der Waals surface area contributed by atoms with Crippen molar-refractivity contribution in [3.63, 3.8) is 0 Å². The van der Waals surface area contributed by atoms with E-state index in [0.29, 0.717) is 5.82 Å². The van der Waals surface area contributed by atoms with Crippen LogP contribution in [0.4, 0.5) is 5.82 Å². The summed E-state index contributed by atoms with van der Waals surface area (Å²) in [5.41, 5.74) is 10.4. The Labute approximate surface area is 113 Å². The Balaban J connectivity index is 2.17. The first-order valence-corrected chi connectivity index (χ1v) is 6.80. The van der Waals surface area contributed by atoms with E-state index in [9.17, 15) is 0 Å². The SMILES string of the molecule is CCc1nc(N)ccc1-c1cccc2c1OCCC2. The van der Waals surface area contributed by atoms with Gasteiger partial charge in [-0.15, -0.1) is 0 Å². The van der Waals surface area contributed by atoms with E-state index in [1.54, 1.807) is 0 Å². The van der Waals surface area contributed by atoms with Crippen LogP contribution in [0.5, 0.6) is 5.75 Å². The third kappa shape index (κ3) is 2.16. The number of ether oxygens (including phenoxy) is 1. The summed E-state index contributed by atoms with van der Waals surface area (Å²) in [6.07, 6.45) is 3.05. The average Bonchev–Trinajstić information content (AvgIpc) is 2.46. The molecule has 19 heavy (non-hydrogen) atoms. The number of aryl methyl sites for hydroxylation is 2. The number of nitrogens with zero attached hydrogens (tertiary/aromatic N) is 1. The third-order valence-electron chi connectivity index (χ3n) is 3.55. The molecule has 0 spiro atoms. The van der Waals surface area contributed by atoms with Gasteiger partial charge in [-0.05, 0) is 37.0 Å². The standard InChI is InChI=1S/C16H18N2O/c1-2-14-12(8-9-15(17)18-14)13-7-3-5-11-6-4-10-19-16(11)13/h3,5,7-9H,2,4,6,10H2,1H3,(H2,17,18). The Bertz CT molecular complexity index is 608. The van der Waals surface area contributed by atoms with Gasteiger partial charge in [0.1, 0.15) is 11.6 Å². The van der Waals surface area contributed by atoms with Gasteiger partial charge in [0.25, 0.3) is 0 Å². The van der Waals surface area contributed by atoms with Crippen LogP contribution in [0.25, 0.3) is 11.1 Å². The Hall–Kier alpha value is -2.03. The molecule has 1 aromatic carbocycles. The van der Waals surface area contributed by atoms with Crippen LogP contribution >= 0.6 is 0 Å². The van der Waals surface area contributed by atoms with Gasteiger partial charge in [0.2, 0.25) is 0 Å². The van der Waals surface area contributed by atoms with Gasteiger partial charge in [0.05, 0.1) is 12.3 Å². The molecule has 0 unspecified atom stereocenters. The van der Waals surface area contributed by atoms with Crippen molar-refractivity contribution in [1.82, 2.24) is 4.98 Å². The molecular formula is C16H18N2O. The summed E-state index contributed by atoms with van der Waals surface area (Å²) in [5.74, 6) is 1.60. The molecule has 2 aromatic rings. The molecule has 0 saturated carbocycles. The van der Waals surface area contributed by atoms with Gasteiger partial charge in [-0.25, -0.2) is 4.98 Å². The lowest BCUT2D eigenvalue weighted by Gasteiger charge is -2.21. The topological polar surface area (TPSA) is 48.1 Å². The van der Waals surface area contributed by atoms with Gasteiger partial charge in [-0.2, -0.15) is 0 Å². The Morgan fingerprint density at radius 1 is 1.21 bits per heavy atom. The minimum atomic E-state index is 0.575. The number of hydrogen-bond donors (Lipinski definition) is 1. The fraction of sp³-hybridized carbons (Fsp3) is 0.312. The molecule has 3 nitrogen and oxygen atoms in total. The molecule has 98 valence electrons. The molecule has 3 rings (SSSR count). The first kappa shape index (κ1) is 12.0. The number of benzene rings is 1. The highest BCUT2D eigenvalue weighted by Crippen LogP contribution is 2.37. The fourth-order valence-corrected chi connectivity index (χ4v) is 2.63. The molecule has 1 aromatic heterocycles. The van der Waals surface area contributed by atoms with Crippen LogP contribution < -0.4 is 10.5 Å². The van der Waals surface area contributed by atoms with Crippen molar-refractivity contribution in [1.29, 1.82) is 0 Å². The zero-order chi connectivity index (χ0) is 13.2. The van der Waals surface area contributed by atoms with Crippen molar-refractivity contribution >= 4 is 5.82 Å². The molecule has 0 atom stereocenters. The lowest BCUT2D eigenvalue weighted by atomic mass is 9.96. The van der Waals surface area contributed by atoms with Crippen molar-refractivity contribution < 1.29 is 4.74 Å². The zero-order valence-corrected chi connectivity index (χ0v) is 11.1. The maximum Gasteiger partial charge on any atom is 0.130 e. The summed E-state index contributed by atoms with van der Waals surface area (Å²) in [7, 11) is 0. The molecular weight excluding hydrogens is 236 g/mol. The Morgan fingerprint density at radius 3 is 2.95 bits per heavy atom. The largest absolute Gasteiger partial charge is 0.493 e. The monoisotopic (exact) mass is 254 g/mol. The molecule has 0 bridgehead atoms. The lowest BCUT2D eigenvalue weighted by molar-refractivity contribution is 0.289. The van der Waals surface area contributed by atoms with Crippen LogP contribution in [0.2, 0.25) is 0 Å². The predicted octanol–water partition coefficient (Wildman–Crippen LogP) is 3.22. The minimum Gasteiger partial charge on any atom is -0.493 e. The number of hydrogen-bond acceptors (Lipinski definition) is 3. The number of para-hydroxylation sites is 1. The first-order valence-electron chi connectivity index (χ1n) is 6.80. The number of nitrogen functional groups attached to an aromatic ring is 1. The molecule has 0 fully saturated rings. The van der Waals surface area contributed by atoms with Crippen molar-refractivity contribution in [3.05, 3.63) is 41.6 Å². The van der Waals surface area contributed by atoms with Crippen LogP contribution in [0.1, 0.15) is 24.6 Å². The van der Waals surface area contributed by atoms with E-state index in [2.05, 4.69) is 36.2 Å². The predicted molar refractivity (Wildman–Crippen MR) is 77.3 cm³/mol. The van der Waals surface area contributed by atoms with E-state index >= 15 is 0 Å². The number of anilines is 1. The van der Waals surface area contributed by atoms with Crippen LogP contribution in [0, 0.1) is 0 Å². The van der Waals surface area contributed by atoms with Gasteiger partial charge in [0, 0.05) is 11.1 Å². The maximum absolute atomic E-state index is 5.88. The molecule has 3 heteroatoms. The molecule has 1 aliphatic heterocycles. The second kappa shape index (κ2) is 4.92. The maximum atomic E-state index is 5.88. The van der Waals surface area contributed by atoms with E-state index in [1.807, 2.05) is 6.07 Å². The Kier molecular flexibility index (Phi) is 3.11. The summed E-state index contributed by atoms with van der Waals surface area (Å²) in [5, 5.41) is 0. The van der Waals surface area contributed by atoms with Gasteiger partial charge in [-0.3, -0.25) is 0 Å². The molecule has 0 radical (unpaired) electrons. The number of pyridine rings is 1. The summed E-state index contributed by atoms with van der Waals surface area (Å²) in [4.78, 5) is 4.44. The van der Waals surface area contributed by atoms with Gasteiger partial charge >= 0.3 is 0 Å². The molecule has 2 heterocycles. The quantitative estimate of drug-likeness (QED) is 0.895. The Morgan fingerprint density at radius 2 is 2.11 bits per heavy atom. The highest BCUT2D eigenvalue weighted by molar-refractivity contribution is 5.75. The van der Waals surface area contributed by atoms with E-state index in [4.69, 9.17) is 10.5 Å². The average molecular weight is 254 g/mol.